The summed E-state index contributed by atoms with van der Waals surface area (Å²) < 4.78 is 0. The number of rotatable bonds is 5. The Morgan fingerprint density at radius 2 is 1.87 bits per heavy atom. The molecular formula is C17H19ClN2O2S. The zero-order valence-corrected chi connectivity index (χ0v) is 14.8. The molecule has 0 saturated carbocycles. The third kappa shape index (κ3) is 3.80. The molecule has 1 heterocycles. The minimum atomic E-state index is -0.587. The Morgan fingerprint density at radius 1 is 1.26 bits per heavy atom. The van der Waals surface area contributed by atoms with Gasteiger partial charge in [-0.3, -0.25) is 9.59 Å². The highest BCUT2D eigenvalue weighted by molar-refractivity contribution is 7.16. The third-order valence-corrected chi connectivity index (χ3v) is 5.11. The number of benzene rings is 1. The van der Waals surface area contributed by atoms with E-state index in [-0.39, 0.29) is 11.7 Å². The van der Waals surface area contributed by atoms with Gasteiger partial charge in [-0.05, 0) is 50.1 Å². The number of hydrogen-bond acceptors (Lipinski definition) is 4. The second-order valence-electron chi connectivity index (χ2n) is 5.33. The first kappa shape index (κ1) is 17.7. The lowest BCUT2D eigenvalue weighted by atomic mass is 10.0. The smallest absolute Gasteiger partial charge is 0.241 e. The zero-order chi connectivity index (χ0) is 17.1. The number of nitrogens with two attached hydrogens (primary N) is 1. The predicted molar refractivity (Wildman–Crippen MR) is 95.6 cm³/mol. The molecule has 0 aliphatic rings. The van der Waals surface area contributed by atoms with Gasteiger partial charge >= 0.3 is 0 Å². The van der Waals surface area contributed by atoms with Crippen LogP contribution < -0.4 is 11.1 Å². The molecule has 0 bridgehead atoms. The predicted octanol–water partition coefficient (Wildman–Crippen LogP) is 3.93. The second kappa shape index (κ2) is 7.25. The summed E-state index contributed by atoms with van der Waals surface area (Å²) in [5.74, 6) is -0.414. The summed E-state index contributed by atoms with van der Waals surface area (Å²) in [6.45, 7) is 5.65. The molecule has 0 aliphatic carbocycles. The van der Waals surface area contributed by atoms with Gasteiger partial charge in [0.1, 0.15) is 5.00 Å². The Morgan fingerprint density at radius 3 is 2.43 bits per heavy atom. The lowest BCUT2D eigenvalue weighted by Gasteiger charge is -2.10. The Labute approximate surface area is 144 Å². The molecule has 4 nitrogen and oxygen atoms in total. The molecule has 1 atom stereocenters. The van der Waals surface area contributed by atoms with Crippen molar-refractivity contribution in [2.75, 3.05) is 5.32 Å². The highest BCUT2D eigenvalue weighted by Crippen LogP contribution is 2.34. The van der Waals surface area contributed by atoms with Crippen LogP contribution in [-0.2, 0) is 4.79 Å². The van der Waals surface area contributed by atoms with Crippen molar-refractivity contribution >= 4 is 39.6 Å². The molecule has 0 radical (unpaired) electrons. The fraction of sp³-hybridized carbons (Fsp3) is 0.294. The minimum absolute atomic E-state index is 0.135. The number of carbonyl (C=O) groups is 2. The van der Waals surface area contributed by atoms with Crippen LogP contribution in [0.2, 0.25) is 5.02 Å². The number of anilines is 1. The molecule has 1 amide bonds. The average molecular weight is 351 g/mol. The van der Waals surface area contributed by atoms with E-state index in [9.17, 15) is 9.59 Å². The summed E-state index contributed by atoms with van der Waals surface area (Å²) in [4.78, 5) is 25.9. The van der Waals surface area contributed by atoms with Gasteiger partial charge in [0.05, 0.1) is 11.6 Å². The van der Waals surface area contributed by atoms with Gasteiger partial charge in [0.15, 0.2) is 5.78 Å². The molecular weight excluding hydrogens is 332 g/mol. The molecule has 2 aromatic rings. The van der Waals surface area contributed by atoms with Crippen molar-refractivity contribution in [1.82, 2.24) is 0 Å². The standard InChI is InChI=1S/C17H19ClN2O2S/c1-4-13(19)16(22)20-17-14(9(2)10(3)23-17)15(21)11-5-7-12(18)8-6-11/h5-8,13H,4,19H2,1-3H3,(H,20,22). The molecule has 0 saturated heterocycles. The van der Waals surface area contributed by atoms with E-state index < -0.39 is 6.04 Å². The summed E-state index contributed by atoms with van der Waals surface area (Å²) in [7, 11) is 0. The van der Waals surface area contributed by atoms with E-state index in [1.54, 1.807) is 24.3 Å². The van der Waals surface area contributed by atoms with E-state index in [2.05, 4.69) is 5.32 Å². The number of ketones is 1. The molecule has 1 aromatic heterocycles. The normalized spacial score (nSPS) is 12.0. The average Bonchev–Trinajstić information content (AvgIpc) is 2.80. The summed E-state index contributed by atoms with van der Waals surface area (Å²) in [5, 5.41) is 3.91. The lowest BCUT2D eigenvalue weighted by molar-refractivity contribution is -0.117. The van der Waals surface area contributed by atoms with E-state index >= 15 is 0 Å². The van der Waals surface area contributed by atoms with Gasteiger partial charge in [0, 0.05) is 15.5 Å². The molecule has 23 heavy (non-hydrogen) atoms. The van der Waals surface area contributed by atoms with Gasteiger partial charge in [0.2, 0.25) is 5.91 Å². The number of aryl methyl sites for hydroxylation is 1. The third-order valence-electron chi connectivity index (χ3n) is 3.73. The van der Waals surface area contributed by atoms with Crippen LogP contribution in [0.4, 0.5) is 5.00 Å². The molecule has 2 rings (SSSR count). The number of carbonyl (C=O) groups excluding carboxylic acids is 2. The van der Waals surface area contributed by atoms with E-state index in [1.807, 2.05) is 20.8 Å². The quantitative estimate of drug-likeness (QED) is 0.802. The fourth-order valence-electron chi connectivity index (χ4n) is 2.12. The van der Waals surface area contributed by atoms with Crippen LogP contribution >= 0.6 is 22.9 Å². The SMILES string of the molecule is CCC(N)C(=O)Nc1sc(C)c(C)c1C(=O)c1ccc(Cl)cc1. The lowest BCUT2D eigenvalue weighted by Crippen LogP contribution is -2.34. The van der Waals surface area contributed by atoms with Crippen LogP contribution in [-0.4, -0.2) is 17.7 Å². The minimum Gasteiger partial charge on any atom is -0.320 e. The Balaban J connectivity index is 2.39. The molecule has 3 N–H and O–H groups in total. The fourth-order valence-corrected chi connectivity index (χ4v) is 3.31. The second-order valence-corrected chi connectivity index (χ2v) is 6.99. The molecule has 0 aliphatic heterocycles. The van der Waals surface area contributed by atoms with Crippen LogP contribution in [0.3, 0.4) is 0 Å². The molecule has 0 fully saturated rings. The van der Waals surface area contributed by atoms with Crippen molar-refractivity contribution < 1.29 is 9.59 Å². The van der Waals surface area contributed by atoms with Crippen molar-refractivity contribution in [3.8, 4) is 0 Å². The number of nitrogens with one attached hydrogen (secondary N) is 1. The first-order chi connectivity index (χ1) is 10.8. The molecule has 1 aromatic carbocycles. The van der Waals surface area contributed by atoms with E-state index in [4.69, 9.17) is 17.3 Å². The van der Waals surface area contributed by atoms with Crippen LogP contribution in [0, 0.1) is 13.8 Å². The van der Waals surface area contributed by atoms with Gasteiger partial charge in [-0.2, -0.15) is 0 Å². The number of amides is 1. The van der Waals surface area contributed by atoms with Crippen molar-refractivity contribution in [2.45, 2.75) is 33.2 Å². The van der Waals surface area contributed by atoms with Gasteiger partial charge in [0.25, 0.3) is 0 Å². The maximum atomic E-state index is 12.8. The van der Waals surface area contributed by atoms with Gasteiger partial charge in [-0.15, -0.1) is 11.3 Å². The highest BCUT2D eigenvalue weighted by Gasteiger charge is 2.23. The first-order valence-electron chi connectivity index (χ1n) is 7.31. The number of thiophene rings is 1. The molecule has 0 spiro atoms. The largest absolute Gasteiger partial charge is 0.320 e. The molecule has 1 unspecified atom stereocenters. The van der Waals surface area contributed by atoms with Crippen molar-refractivity contribution in [3.05, 3.63) is 50.9 Å². The summed E-state index contributed by atoms with van der Waals surface area (Å²) in [5.41, 5.74) is 7.68. The van der Waals surface area contributed by atoms with E-state index in [1.165, 1.54) is 11.3 Å². The zero-order valence-electron chi connectivity index (χ0n) is 13.3. The van der Waals surface area contributed by atoms with E-state index in [0.717, 1.165) is 10.4 Å². The van der Waals surface area contributed by atoms with Gasteiger partial charge < -0.3 is 11.1 Å². The Kier molecular flexibility index (Phi) is 5.57. The van der Waals surface area contributed by atoms with Crippen molar-refractivity contribution in [2.24, 2.45) is 5.73 Å². The topological polar surface area (TPSA) is 72.2 Å². The monoisotopic (exact) mass is 350 g/mol. The summed E-state index contributed by atoms with van der Waals surface area (Å²) in [6.07, 6.45) is 0.537. The Bertz CT molecular complexity index is 738. The summed E-state index contributed by atoms with van der Waals surface area (Å²) >= 11 is 7.26. The highest BCUT2D eigenvalue weighted by atomic mass is 35.5. The van der Waals surface area contributed by atoms with Crippen molar-refractivity contribution in [1.29, 1.82) is 0 Å². The van der Waals surface area contributed by atoms with Crippen molar-refractivity contribution in [3.63, 3.8) is 0 Å². The van der Waals surface area contributed by atoms with Crippen LogP contribution in [0.5, 0.6) is 0 Å². The van der Waals surface area contributed by atoms with Crippen LogP contribution in [0.1, 0.15) is 39.7 Å². The van der Waals surface area contributed by atoms with Crippen LogP contribution in [0.25, 0.3) is 0 Å². The molecule has 122 valence electrons. The van der Waals surface area contributed by atoms with Gasteiger partial charge in [-0.1, -0.05) is 18.5 Å². The number of halogens is 1. The maximum Gasteiger partial charge on any atom is 0.241 e. The number of hydrogen-bond donors (Lipinski definition) is 2. The molecule has 6 heteroatoms. The first-order valence-corrected chi connectivity index (χ1v) is 8.51. The maximum absolute atomic E-state index is 12.8. The summed E-state index contributed by atoms with van der Waals surface area (Å²) in [6, 6.07) is 6.13. The van der Waals surface area contributed by atoms with Crippen LogP contribution in [0.15, 0.2) is 24.3 Å². The van der Waals surface area contributed by atoms with E-state index in [0.29, 0.717) is 27.6 Å². The van der Waals surface area contributed by atoms with Gasteiger partial charge in [-0.25, -0.2) is 0 Å². The Hall–Kier alpha value is -1.69.